The van der Waals surface area contributed by atoms with Gasteiger partial charge >= 0.3 is 0 Å². The number of aryl methyl sites for hydroxylation is 1. The SMILES string of the molecule is CCNC(C)CCc1nc(Cc2cccc(Cl)c2F)no1. The Kier molecular flexibility index (Phi) is 5.70. The van der Waals surface area contributed by atoms with E-state index in [1.807, 2.05) is 0 Å². The molecule has 0 aliphatic carbocycles. The lowest BCUT2D eigenvalue weighted by molar-refractivity contribution is 0.363. The number of nitrogens with one attached hydrogen (secondary N) is 1. The Bertz CT molecular complexity index is 588. The number of aromatic nitrogens is 2. The van der Waals surface area contributed by atoms with E-state index in [0.717, 1.165) is 13.0 Å². The average Bonchev–Trinajstić information content (AvgIpc) is 2.90. The van der Waals surface area contributed by atoms with Crippen molar-refractivity contribution in [1.82, 2.24) is 15.5 Å². The molecule has 2 rings (SSSR count). The van der Waals surface area contributed by atoms with Crippen LogP contribution in [-0.2, 0) is 12.8 Å². The molecule has 1 atom stereocenters. The summed E-state index contributed by atoms with van der Waals surface area (Å²) in [4.78, 5) is 4.29. The Labute approximate surface area is 128 Å². The Morgan fingerprint density at radius 3 is 3.00 bits per heavy atom. The van der Waals surface area contributed by atoms with E-state index in [0.29, 0.717) is 29.7 Å². The summed E-state index contributed by atoms with van der Waals surface area (Å²) in [7, 11) is 0. The first kappa shape index (κ1) is 15.9. The van der Waals surface area contributed by atoms with Crippen LogP contribution in [0.3, 0.4) is 0 Å². The predicted molar refractivity (Wildman–Crippen MR) is 80.0 cm³/mol. The van der Waals surface area contributed by atoms with Crippen LogP contribution in [0.15, 0.2) is 22.7 Å². The highest BCUT2D eigenvalue weighted by Gasteiger charge is 2.12. The third kappa shape index (κ3) is 4.51. The van der Waals surface area contributed by atoms with Gasteiger partial charge in [-0.1, -0.05) is 35.8 Å². The van der Waals surface area contributed by atoms with Gasteiger partial charge in [0.15, 0.2) is 5.82 Å². The second-order valence-corrected chi connectivity index (χ2v) is 5.40. The lowest BCUT2D eigenvalue weighted by Crippen LogP contribution is -2.25. The average molecular weight is 312 g/mol. The fraction of sp³-hybridized carbons (Fsp3) is 0.467. The van der Waals surface area contributed by atoms with Crippen molar-refractivity contribution in [3.05, 3.63) is 46.3 Å². The van der Waals surface area contributed by atoms with Crippen molar-refractivity contribution in [1.29, 1.82) is 0 Å². The lowest BCUT2D eigenvalue weighted by atomic mass is 10.1. The Morgan fingerprint density at radius 1 is 1.43 bits per heavy atom. The first-order valence-corrected chi connectivity index (χ1v) is 7.45. The number of halogens is 2. The fourth-order valence-electron chi connectivity index (χ4n) is 2.11. The Morgan fingerprint density at radius 2 is 2.24 bits per heavy atom. The van der Waals surface area contributed by atoms with E-state index in [1.165, 1.54) is 6.07 Å². The molecule has 21 heavy (non-hydrogen) atoms. The van der Waals surface area contributed by atoms with Crippen LogP contribution in [0.5, 0.6) is 0 Å². The highest BCUT2D eigenvalue weighted by atomic mass is 35.5. The number of rotatable bonds is 7. The van der Waals surface area contributed by atoms with Crippen molar-refractivity contribution in [2.75, 3.05) is 6.54 Å². The molecule has 0 fully saturated rings. The van der Waals surface area contributed by atoms with Crippen LogP contribution in [0.4, 0.5) is 4.39 Å². The Hall–Kier alpha value is -1.46. The summed E-state index contributed by atoms with van der Waals surface area (Å²) < 4.78 is 19.0. The summed E-state index contributed by atoms with van der Waals surface area (Å²) in [5.41, 5.74) is 0.468. The largest absolute Gasteiger partial charge is 0.339 e. The van der Waals surface area contributed by atoms with Gasteiger partial charge in [-0.3, -0.25) is 0 Å². The van der Waals surface area contributed by atoms with Gasteiger partial charge in [-0.2, -0.15) is 4.98 Å². The van der Waals surface area contributed by atoms with Crippen LogP contribution in [0.25, 0.3) is 0 Å². The van der Waals surface area contributed by atoms with Gasteiger partial charge < -0.3 is 9.84 Å². The molecule has 0 amide bonds. The van der Waals surface area contributed by atoms with Crippen molar-refractivity contribution < 1.29 is 8.91 Å². The summed E-state index contributed by atoms with van der Waals surface area (Å²) >= 11 is 5.75. The predicted octanol–water partition coefficient (Wildman–Crippen LogP) is 3.38. The van der Waals surface area contributed by atoms with Gasteiger partial charge in [0.25, 0.3) is 0 Å². The van der Waals surface area contributed by atoms with Crippen molar-refractivity contribution >= 4 is 11.6 Å². The molecule has 0 aliphatic rings. The number of benzene rings is 1. The molecule has 0 radical (unpaired) electrons. The van der Waals surface area contributed by atoms with E-state index in [4.69, 9.17) is 16.1 Å². The van der Waals surface area contributed by atoms with Gasteiger partial charge in [-0.05, 0) is 31.5 Å². The molecule has 114 valence electrons. The first-order chi connectivity index (χ1) is 10.1. The van der Waals surface area contributed by atoms with Crippen LogP contribution >= 0.6 is 11.6 Å². The van der Waals surface area contributed by atoms with Crippen molar-refractivity contribution in [3.8, 4) is 0 Å². The molecule has 0 bridgehead atoms. The summed E-state index contributed by atoms with van der Waals surface area (Å²) in [6.45, 7) is 5.12. The molecule has 0 saturated carbocycles. The minimum Gasteiger partial charge on any atom is -0.339 e. The summed E-state index contributed by atoms with van der Waals surface area (Å²) in [5.74, 6) is 0.630. The molecule has 1 N–H and O–H groups in total. The molecule has 0 aliphatic heterocycles. The molecular weight excluding hydrogens is 293 g/mol. The molecule has 1 aromatic heterocycles. The second kappa shape index (κ2) is 7.52. The highest BCUT2D eigenvalue weighted by Crippen LogP contribution is 2.19. The third-order valence-corrected chi connectivity index (χ3v) is 3.53. The summed E-state index contributed by atoms with van der Waals surface area (Å²) in [6, 6.07) is 5.30. The van der Waals surface area contributed by atoms with Gasteiger partial charge in [0.1, 0.15) is 5.82 Å². The van der Waals surface area contributed by atoms with E-state index >= 15 is 0 Å². The smallest absolute Gasteiger partial charge is 0.226 e. The minimum absolute atomic E-state index is 0.107. The second-order valence-electron chi connectivity index (χ2n) is 4.99. The number of nitrogens with zero attached hydrogens (tertiary/aromatic N) is 2. The Balaban J connectivity index is 1.95. The summed E-state index contributed by atoms with van der Waals surface area (Å²) in [6.07, 6.45) is 1.90. The van der Waals surface area contributed by atoms with Gasteiger partial charge in [0.2, 0.25) is 5.89 Å². The number of hydrogen-bond acceptors (Lipinski definition) is 4. The van der Waals surface area contributed by atoms with Crippen LogP contribution in [0.2, 0.25) is 5.02 Å². The van der Waals surface area contributed by atoms with Crippen LogP contribution in [-0.4, -0.2) is 22.7 Å². The van der Waals surface area contributed by atoms with Crippen LogP contribution in [0.1, 0.15) is 37.5 Å². The van der Waals surface area contributed by atoms with Gasteiger partial charge in [0.05, 0.1) is 5.02 Å². The van der Waals surface area contributed by atoms with Gasteiger partial charge in [0, 0.05) is 18.9 Å². The van der Waals surface area contributed by atoms with E-state index in [-0.39, 0.29) is 11.4 Å². The van der Waals surface area contributed by atoms with E-state index in [9.17, 15) is 4.39 Å². The molecule has 1 unspecified atom stereocenters. The van der Waals surface area contributed by atoms with Crippen LogP contribution in [0, 0.1) is 5.82 Å². The van der Waals surface area contributed by atoms with E-state index in [1.54, 1.807) is 12.1 Å². The van der Waals surface area contributed by atoms with Crippen molar-refractivity contribution in [2.45, 2.75) is 39.2 Å². The molecule has 2 aromatic rings. The molecular formula is C15H19ClFN3O. The highest BCUT2D eigenvalue weighted by molar-refractivity contribution is 6.30. The number of hydrogen-bond donors (Lipinski definition) is 1. The zero-order chi connectivity index (χ0) is 15.2. The zero-order valence-electron chi connectivity index (χ0n) is 12.2. The topological polar surface area (TPSA) is 51.0 Å². The zero-order valence-corrected chi connectivity index (χ0v) is 13.0. The minimum atomic E-state index is -0.425. The van der Waals surface area contributed by atoms with Gasteiger partial charge in [-0.25, -0.2) is 4.39 Å². The summed E-state index contributed by atoms with van der Waals surface area (Å²) in [5, 5.41) is 7.32. The molecule has 1 aromatic carbocycles. The quantitative estimate of drug-likeness (QED) is 0.851. The lowest BCUT2D eigenvalue weighted by Gasteiger charge is -2.09. The van der Waals surface area contributed by atoms with Crippen LogP contribution < -0.4 is 5.32 Å². The maximum absolute atomic E-state index is 13.8. The molecule has 1 heterocycles. The maximum atomic E-state index is 13.8. The first-order valence-electron chi connectivity index (χ1n) is 7.08. The standard InChI is InChI=1S/C15H19ClFN3O/c1-3-18-10(2)7-8-14-19-13(20-21-14)9-11-5-4-6-12(16)15(11)17/h4-6,10,18H,3,7-9H2,1-2H3. The molecule has 6 heteroatoms. The van der Waals surface area contributed by atoms with Gasteiger partial charge in [-0.15, -0.1) is 0 Å². The van der Waals surface area contributed by atoms with Crippen molar-refractivity contribution in [3.63, 3.8) is 0 Å². The molecule has 0 saturated heterocycles. The third-order valence-electron chi connectivity index (χ3n) is 3.23. The molecule has 4 nitrogen and oxygen atoms in total. The normalized spacial score (nSPS) is 12.6. The van der Waals surface area contributed by atoms with E-state index in [2.05, 4.69) is 29.3 Å². The fourth-order valence-corrected chi connectivity index (χ4v) is 2.30. The van der Waals surface area contributed by atoms with Crippen molar-refractivity contribution in [2.24, 2.45) is 0 Å². The monoisotopic (exact) mass is 311 g/mol. The van der Waals surface area contributed by atoms with E-state index < -0.39 is 5.82 Å². The molecule has 0 spiro atoms. The maximum Gasteiger partial charge on any atom is 0.226 e.